The number of morpholine rings is 1. The average molecular weight is 428 g/mol. The van der Waals surface area contributed by atoms with Crippen molar-refractivity contribution in [1.82, 2.24) is 4.90 Å². The SMILES string of the molecule is O=C(Cc1ccc(Cl)cc1)O[C@H]1CC[C@H](c2ccc(CN3CCOCC3)cc2)CC1. The third-order valence-electron chi connectivity index (χ3n) is 6.20. The van der Waals surface area contributed by atoms with Crippen LogP contribution in [0.4, 0.5) is 0 Å². The van der Waals surface area contributed by atoms with Gasteiger partial charge in [0.25, 0.3) is 0 Å². The van der Waals surface area contributed by atoms with E-state index in [0.717, 1.165) is 64.1 Å². The molecule has 1 heterocycles. The fourth-order valence-electron chi connectivity index (χ4n) is 4.42. The maximum absolute atomic E-state index is 12.3. The molecule has 2 aromatic rings. The standard InChI is InChI=1S/C25H30ClNO3/c26-23-9-3-19(4-10-23)17-25(28)30-24-11-7-22(8-12-24)21-5-1-20(2-6-21)18-27-13-15-29-16-14-27/h1-6,9-10,22,24H,7-8,11-18H2/t22-,24-. The van der Waals surface area contributed by atoms with Crippen LogP contribution in [0, 0.1) is 0 Å². The highest BCUT2D eigenvalue weighted by Gasteiger charge is 2.25. The Balaban J connectivity index is 1.22. The monoisotopic (exact) mass is 427 g/mol. The number of ether oxygens (including phenoxy) is 2. The number of esters is 1. The Hall–Kier alpha value is -1.88. The molecule has 4 nitrogen and oxygen atoms in total. The third-order valence-corrected chi connectivity index (χ3v) is 6.45. The lowest BCUT2D eigenvalue weighted by Crippen LogP contribution is -2.35. The Bertz CT molecular complexity index is 807. The first-order valence-corrected chi connectivity index (χ1v) is 11.4. The van der Waals surface area contributed by atoms with Crippen LogP contribution in [-0.4, -0.2) is 43.3 Å². The van der Waals surface area contributed by atoms with E-state index in [1.807, 2.05) is 24.3 Å². The fraction of sp³-hybridized carbons (Fsp3) is 0.480. The lowest BCUT2D eigenvalue weighted by Gasteiger charge is -2.29. The first-order valence-electron chi connectivity index (χ1n) is 11.0. The Morgan fingerprint density at radius 3 is 2.23 bits per heavy atom. The molecule has 0 bridgehead atoms. The number of hydrogen-bond acceptors (Lipinski definition) is 4. The molecule has 0 radical (unpaired) electrons. The summed E-state index contributed by atoms with van der Waals surface area (Å²) in [6, 6.07) is 16.5. The lowest BCUT2D eigenvalue weighted by molar-refractivity contribution is -0.149. The molecule has 0 N–H and O–H groups in total. The molecule has 0 amide bonds. The smallest absolute Gasteiger partial charge is 0.310 e. The summed E-state index contributed by atoms with van der Waals surface area (Å²) in [7, 11) is 0. The fourth-order valence-corrected chi connectivity index (χ4v) is 4.55. The van der Waals surface area contributed by atoms with Crippen LogP contribution < -0.4 is 0 Å². The topological polar surface area (TPSA) is 38.8 Å². The van der Waals surface area contributed by atoms with E-state index in [2.05, 4.69) is 29.2 Å². The van der Waals surface area contributed by atoms with Gasteiger partial charge in [0.05, 0.1) is 19.6 Å². The Morgan fingerprint density at radius 2 is 1.57 bits per heavy atom. The van der Waals surface area contributed by atoms with E-state index in [1.54, 1.807) is 0 Å². The minimum Gasteiger partial charge on any atom is -0.462 e. The normalized spacial score (nSPS) is 22.6. The number of rotatable bonds is 6. The van der Waals surface area contributed by atoms with Crippen LogP contribution in [0.15, 0.2) is 48.5 Å². The van der Waals surface area contributed by atoms with Gasteiger partial charge in [-0.2, -0.15) is 0 Å². The second kappa shape index (κ2) is 10.4. The molecule has 4 rings (SSSR count). The van der Waals surface area contributed by atoms with Gasteiger partial charge in [0.1, 0.15) is 6.10 Å². The van der Waals surface area contributed by atoms with Crippen LogP contribution in [0.3, 0.4) is 0 Å². The van der Waals surface area contributed by atoms with Crippen molar-refractivity contribution in [1.29, 1.82) is 0 Å². The predicted octanol–water partition coefficient (Wildman–Crippen LogP) is 4.98. The van der Waals surface area contributed by atoms with Crippen LogP contribution in [0.5, 0.6) is 0 Å². The van der Waals surface area contributed by atoms with Crippen molar-refractivity contribution in [3.63, 3.8) is 0 Å². The van der Waals surface area contributed by atoms with Crippen molar-refractivity contribution < 1.29 is 14.3 Å². The number of hydrogen-bond donors (Lipinski definition) is 0. The van der Waals surface area contributed by atoms with E-state index in [4.69, 9.17) is 21.1 Å². The zero-order valence-electron chi connectivity index (χ0n) is 17.4. The Morgan fingerprint density at radius 1 is 0.933 bits per heavy atom. The predicted molar refractivity (Wildman–Crippen MR) is 119 cm³/mol. The second-order valence-electron chi connectivity index (χ2n) is 8.40. The van der Waals surface area contributed by atoms with Gasteiger partial charge in [-0.3, -0.25) is 9.69 Å². The van der Waals surface area contributed by atoms with Crippen molar-refractivity contribution in [2.75, 3.05) is 26.3 Å². The van der Waals surface area contributed by atoms with E-state index in [0.29, 0.717) is 17.4 Å². The lowest BCUT2D eigenvalue weighted by atomic mass is 9.82. The van der Waals surface area contributed by atoms with Gasteiger partial charge in [-0.15, -0.1) is 0 Å². The Kier molecular flexibility index (Phi) is 7.42. The zero-order valence-corrected chi connectivity index (χ0v) is 18.2. The van der Waals surface area contributed by atoms with Gasteiger partial charge in [-0.1, -0.05) is 48.0 Å². The van der Waals surface area contributed by atoms with Crippen LogP contribution in [0.2, 0.25) is 5.02 Å². The van der Waals surface area contributed by atoms with Crippen LogP contribution in [0.25, 0.3) is 0 Å². The number of benzene rings is 2. The van der Waals surface area contributed by atoms with E-state index >= 15 is 0 Å². The molecule has 0 atom stereocenters. The first kappa shape index (κ1) is 21.4. The van der Waals surface area contributed by atoms with Crippen molar-refractivity contribution >= 4 is 17.6 Å². The average Bonchev–Trinajstić information content (AvgIpc) is 2.77. The van der Waals surface area contributed by atoms with Gasteiger partial charge in [-0.05, 0) is 60.4 Å². The van der Waals surface area contributed by atoms with Crippen molar-refractivity contribution in [2.45, 2.75) is 50.7 Å². The summed E-state index contributed by atoms with van der Waals surface area (Å²) >= 11 is 5.90. The Labute approximate surface area is 184 Å². The number of carbonyl (C=O) groups is 1. The van der Waals surface area contributed by atoms with Gasteiger partial charge in [0.2, 0.25) is 0 Å². The molecule has 0 unspecified atom stereocenters. The summed E-state index contributed by atoms with van der Waals surface area (Å²) < 4.78 is 11.2. The molecule has 0 aromatic heterocycles. The maximum Gasteiger partial charge on any atom is 0.310 e. The molecule has 0 spiro atoms. The van der Waals surface area contributed by atoms with E-state index in [9.17, 15) is 4.79 Å². The molecule has 1 aliphatic carbocycles. The highest BCUT2D eigenvalue weighted by atomic mass is 35.5. The van der Waals surface area contributed by atoms with Gasteiger partial charge in [0.15, 0.2) is 0 Å². The largest absolute Gasteiger partial charge is 0.462 e. The second-order valence-corrected chi connectivity index (χ2v) is 8.83. The highest BCUT2D eigenvalue weighted by Crippen LogP contribution is 2.34. The van der Waals surface area contributed by atoms with Gasteiger partial charge < -0.3 is 9.47 Å². The number of halogens is 1. The summed E-state index contributed by atoms with van der Waals surface area (Å²) in [6.45, 7) is 4.71. The quantitative estimate of drug-likeness (QED) is 0.609. The highest BCUT2D eigenvalue weighted by molar-refractivity contribution is 6.30. The number of nitrogens with zero attached hydrogens (tertiary/aromatic N) is 1. The van der Waals surface area contributed by atoms with Crippen molar-refractivity contribution in [3.05, 3.63) is 70.2 Å². The molecule has 2 fully saturated rings. The summed E-state index contributed by atoms with van der Waals surface area (Å²) in [6.07, 6.45) is 4.37. The van der Waals surface area contributed by atoms with Crippen molar-refractivity contribution in [3.8, 4) is 0 Å². The van der Waals surface area contributed by atoms with Crippen molar-refractivity contribution in [2.24, 2.45) is 0 Å². The van der Waals surface area contributed by atoms with Gasteiger partial charge in [0, 0.05) is 24.7 Å². The van der Waals surface area contributed by atoms with E-state index in [-0.39, 0.29) is 12.1 Å². The van der Waals surface area contributed by atoms with Gasteiger partial charge in [-0.25, -0.2) is 0 Å². The molecule has 1 saturated carbocycles. The molecular formula is C25H30ClNO3. The van der Waals surface area contributed by atoms with E-state index < -0.39 is 0 Å². The summed E-state index contributed by atoms with van der Waals surface area (Å²) in [5.41, 5.74) is 3.72. The molecular weight excluding hydrogens is 398 g/mol. The molecule has 2 aliphatic rings. The third kappa shape index (κ3) is 6.07. The minimum atomic E-state index is -0.145. The van der Waals surface area contributed by atoms with Crippen LogP contribution in [-0.2, 0) is 27.2 Å². The molecule has 1 aliphatic heterocycles. The first-order chi connectivity index (χ1) is 14.7. The van der Waals surface area contributed by atoms with E-state index in [1.165, 1.54) is 11.1 Å². The summed E-state index contributed by atoms with van der Waals surface area (Å²) in [5.74, 6) is 0.418. The molecule has 1 saturated heterocycles. The molecule has 5 heteroatoms. The molecule has 160 valence electrons. The minimum absolute atomic E-state index is 0.0432. The maximum atomic E-state index is 12.3. The van der Waals surface area contributed by atoms with Gasteiger partial charge >= 0.3 is 5.97 Å². The van der Waals surface area contributed by atoms with Crippen LogP contribution in [0.1, 0.15) is 48.3 Å². The summed E-state index contributed by atoms with van der Waals surface area (Å²) in [4.78, 5) is 14.7. The summed E-state index contributed by atoms with van der Waals surface area (Å²) in [5, 5.41) is 0.680. The molecule has 2 aromatic carbocycles. The number of carbonyl (C=O) groups excluding carboxylic acids is 1. The zero-order chi connectivity index (χ0) is 20.8. The molecule has 30 heavy (non-hydrogen) atoms. The van der Waals surface area contributed by atoms with Crippen LogP contribution >= 0.6 is 11.6 Å².